The molecule has 0 aliphatic heterocycles. The lowest BCUT2D eigenvalue weighted by Gasteiger charge is -2.06. The van der Waals surface area contributed by atoms with Crippen LogP contribution in [0.5, 0.6) is 0 Å². The molecule has 0 aliphatic rings. The number of hydrogen-bond donors (Lipinski definition) is 1. The molecule has 0 amide bonds. The fourth-order valence-electron chi connectivity index (χ4n) is 2.48. The number of carboxylic acids is 1. The van der Waals surface area contributed by atoms with Crippen molar-refractivity contribution >= 4 is 5.97 Å². The Morgan fingerprint density at radius 3 is 2.26 bits per heavy atom. The Bertz CT molecular complexity index is 818. The minimum Gasteiger partial charge on any atom is -0.478 e. The number of aromatic nitrogens is 2. The molecule has 2 aromatic carbocycles. The number of carbonyl (C=O) groups is 1. The Balaban J connectivity index is 2.07. The predicted molar refractivity (Wildman–Crippen MR) is 90.0 cm³/mol. The molecule has 0 saturated heterocycles. The molecule has 1 heterocycles. The van der Waals surface area contributed by atoms with Crippen molar-refractivity contribution in [1.82, 2.24) is 9.78 Å². The van der Waals surface area contributed by atoms with E-state index in [2.05, 4.69) is 18.9 Å². The molecule has 1 N–H and O–H groups in total. The highest BCUT2D eigenvalue weighted by molar-refractivity contribution is 5.94. The summed E-state index contributed by atoms with van der Waals surface area (Å²) in [6, 6.07) is 17.4. The summed E-state index contributed by atoms with van der Waals surface area (Å²) in [4.78, 5) is 11.6. The van der Waals surface area contributed by atoms with Crippen LogP contribution in [0.25, 0.3) is 16.9 Å². The quantitative estimate of drug-likeness (QED) is 0.779. The van der Waals surface area contributed by atoms with Crippen molar-refractivity contribution in [1.29, 1.82) is 0 Å². The van der Waals surface area contributed by atoms with Gasteiger partial charge in [-0.15, -0.1) is 0 Å². The lowest BCUT2D eigenvalue weighted by Crippen LogP contribution is -1.97. The summed E-state index contributed by atoms with van der Waals surface area (Å²) in [5.74, 6) is -0.542. The largest absolute Gasteiger partial charge is 0.478 e. The molecule has 0 fully saturated rings. The first kappa shape index (κ1) is 15.0. The van der Waals surface area contributed by atoms with Crippen LogP contribution >= 0.6 is 0 Å². The van der Waals surface area contributed by atoms with Gasteiger partial charge in [0.15, 0.2) is 0 Å². The molecule has 4 heteroatoms. The van der Waals surface area contributed by atoms with Crippen LogP contribution < -0.4 is 0 Å². The molecule has 0 saturated carbocycles. The molecule has 0 unspecified atom stereocenters. The van der Waals surface area contributed by atoms with Crippen LogP contribution in [-0.4, -0.2) is 20.9 Å². The molecule has 0 atom stereocenters. The predicted octanol–water partition coefficient (Wildman–Crippen LogP) is 4.36. The summed E-state index contributed by atoms with van der Waals surface area (Å²) in [5.41, 5.74) is 3.54. The molecule has 0 bridgehead atoms. The van der Waals surface area contributed by atoms with Gasteiger partial charge in [-0.3, -0.25) is 0 Å². The highest BCUT2D eigenvalue weighted by Crippen LogP contribution is 2.25. The minimum absolute atomic E-state index is 0.200. The normalized spacial score (nSPS) is 10.9. The standard InChI is InChI=1S/C19H18N2O2/c1-13(2)14-8-10-15(11-9-14)18-17(19(22)23)12-21(20-18)16-6-4-3-5-7-16/h3-13H,1-2H3,(H,22,23). The van der Waals surface area contributed by atoms with Crippen LogP contribution in [0.1, 0.15) is 35.7 Å². The van der Waals surface area contributed by atoms with Crippen LogP contribution in [0.2, 0.25) is 0 Å². The maximum absolute atomic E-state index is 11.6. The van der Waals surface area contributed by atoms with E-state index in [0.717, 1.165) is 11.3 Å². The van der Waals surface area contributed by atoms with Gasteiger partial charge in [0.05, 0.1) is 5.69 Å². The summed E-state index contributed by atoms with van der Waals surface area (Å²) in [6.45, 7) is 4.25. The summed E-state index contributed by atoms with van der Waals surface area (Å²) in [5, 5.41) is 14.0. The number of rotatable bonds is 4. The number of hydrogen-bond acceptors (Lipinski definition) is 2. The average Bonchev–Trinajstić information content (AvgIpc) is 3.01. The molecule has 116 valence electrons. The maximum atomic E-state index is 11.6. The van der Waals surface area contributed by atoms with Gasteiger partial charge in [0.25, 0.3) is 0 Å². The van der Waals surface area contributed by atoms with Gasteiger partial charge in [0.2, 0.25) is 0 Å². The van der Waals surface area contributed by atoms with Gasteiger partial charge >= 0.3 is 5.97 Å². The lowest BCUT2D eigenvalue weighted by atomic mass is 10.00. The molecule has 4 nitrogen and oxygen atoms in total. The van der Waals surface area contributed by atoms with Crippen LogP contribution in [0, 0.1) is 0 Å². The van der Waals surface area contributed by atoms with Crippen molar-refractivity contribution in [3.63, 3.8) is 0 Å². The van der Waals surface area contributed by atoms with E-state index in [9.17, 15) is 9.90 Å². The number of aromatic carboxylic acids is 1. The average molecular weight is 306 g/mol. The number of carboxylic acid groups (broad SMARTS) is 1. The highest BCUT2D eigenvalue weighted by atomic mass is 16.4. The van der Waals surface area contributed by atoms with Crippen molar-refractivity contribution in [3.05, 3.63) is 71.9 Å². The van der Waals surface area contributed by atoms with Gasteiger partial charge in [-0.05, 0) is 23.6 Å². The van der Waals surface area contributed by atoms with Gasteiger partial charge < -0.3 is 5.11 Å². The summed E-state index contributed by atoms with van der Waals surface area (Å²) in [6.07, 6.45) is 1.56. The Kier molecular flexibility index (Phi) is 3.98. The third kappa shape index (κ3) is 3.01. The van der Waals surface area contributed by atoms with Crippen molar-refractivity contribution in [2.75, 3.05) is 0 Å². The first-order valence-electron chi connectivity index (χ1n) is 7.55. The molecule has 3 rings (SSSR count). The van der Waals surface area contributed by atoms with Crippen molar-refractivity contribution in [2.45, 2.75) is 19.8 Å². The number of para-hydroxylation sites is 1. The molecular weight excluding hydrogens is 288 g/mol. The summed E-state index contributed by atoms with van der Waals surface area (Å²) < 4.78 is 1.61. The topological polar surface area (TPSA) is 55.1 Å². The first-order chi connectivity index (χ1) is 11.1. The molecule has 3 aromatic rings. The van der Waals surface area contributed by atoms with E-state index in [-0.39, 0.29) is 5.56 Å². The van der Waals surface area contributed by atoms with Gasteiger partial charge in [0.1, 0.15) is 11.3 Å². The summed E-state index contributed by atoms with van der Waals surface area (Å²) in [7, 11) is 0. The van der Waals surface area contributed by atoms with Crippen LogP contribution in [0.15, 0.2) is 60.8 Å². The van der Waals surface area contributed by atoms with Gasteiger partial charge in [-0.2, -0.15) is 5.10 Å². The molecule has 1 aromatic heterocycles. The number of benzene rings is 2. The molecule has 0 radical (unpaired) electrons. The fraction of sp³-hybridized carbons (Fsp3) is 0.158. The minimum atomic E-state index is -0.977. The third-order valence-electron chi connectivity index (χ3n) is 3.82. The molecular formula is C19H18N2O2. The zero-order valence-corrected chi connectivity index (χ0v) is 13.1. The van der Waals surface area contributed by atoms with Crippen LogP contribution in [0.3, 0.4) is 0 Å². The summed E-state index contributed by atoms with van der Waals surface area (Å²) >= 11 is 0. The molecule has 23 heavy (non-hydrogen) atoms. The highest BCUT2D eigenvalue weighted by Gasteiger charge is 2.17. The van der Waals surface area contributed by atoms with Crippen molar-refractivity contribution < 1.29 is 9.90 Å². The van der Waals surface area contributed by atoms with Gasteiger partial charge in [-0.25, -0.2) is 9.48 Å². The Morgan fingerprint density at radius 1 is 1.04 bits per heavy atom. The zero-order valence-electron chi connectivity index (χ0n) is 13.1. The van der Waals surface area contributed by atoms with Gasteiger partial charge in [0, 0.05) is 11.8 Å². The third-order valence-corrected chi connectivity index (χ3v) is 3.82. The molecule has 0 aliphatic carbocycles. The van der Waals surface area contributed by atoms with Crippen molar-refractivity contribution in [3.8, 4) is 16.9 Å². The Hall–Kier alpha value is -2.88. The smallest absolute Gasteiger partial charge is 0.339 e. The SMILES string of the molecule is CC(C)c1ccc(-c2nn(-c3ccccc3)cc2C(=O)O)cc1. The van der Waals surface area contributed by atoms with Gasteiger partial charge in [-0.1, -0.05) is 56.3 Å². The van der Waals surface area contributed by atoms with E-state index >= 15 is 0 Å². The Morgan fingerprint density at radius 2 is 1.70 bits per heavy atom. The zero-order chi connectivity index (χ0) is 16.4. The van der Waals surface area contributed by atoms with E-state index in [1.807, 2.05) is 54.6 Å². The van der Waals surface area contributed by atoms with Crippen LogP contribution in [0.4, 0.5) is 0 Å². The maximum Gasteiger partial charge on any atom is 0.339 e. The second-order valence-electron chi connectivity index (χ2n) is 5.75. The second-order valence-corrected chi connectivity index (χ2v) is 5.75. The number of nitrogens with zero attached hydrogens (tertiary/aromatic N) is 2. The Labute approximate surface area is 135 Å². The monoisotopic (exact) mass is 306 g/mol. The fourth-order valence-corrected chi connectivity index (χ4v) is 2.48. The van der Waals surface area contributed by atoms with E-state index in [4.69, 9.17) is 0 Å². The van der Waals surface area contributed by atoms with E-state index < -0.39 is 5.97 Å². The second kappa shape index (κ2) is 6.08. The van der Waals surface area contributed by atoms with E-state index in [0.29, 0.717) is 11.6 Å². The van der Waals surface area contributed by atoms with Crippen LogP contribution in [-0.2, 0) is 0 Å². The lowest BCUT2D eigenvalue weighted by molar-refractivity contribution is 0.0697. The van der Waals surface area contributed by atoms with E-state index in [1.54, 1.807) is 10.9 Å². The first-order valence-corrected chi connectivity index (χ1v) is 7.55. The van der Waals surface area contributed by atoms with E-state index in [1.165, 1.54) is 5.56 Å². The molecule has 0 spiro atoms. The van der Waals surface area contributed by atoms with Crippen molar-refractivity contribution in [2.24, 2.45) is 0 Å².